The van der Waals surface area contributed by atoms with Gasteiger partial charge in [0.25, 0.3) is 5.91 Å². The molecule has 1 fully saturated rings. The fraction of sp³-hybridized carbons (Fsp3) is 0.571. The highest BCUT2D eigenvalue weighted by atomic mass is 16.2. The van der Waals surface area contributed by atoms with Crippen molar-refractivity contribution < 1.29 is 9.59 Å². The highest BCUT2D eigenvalue weighted by Gasteiger charge is 2.21. The van der Waals surface area contributed by atoms with E-state index in [1.165, 1.54) is 0 Å². The maximum atomic E-state index is 11.9. The van der Waals surface area contributed by atoms with Crippen LogP contribution in [-0.4, -0.2) is 54.0 Å². The van der Waals surface area contributed by atoms with Crippen molar-refractivity contribution in [3.8, 4) is 0 Å². The van der Waals surface area contributed by atoms with Crippen LogP contribution in [0.3, 0.4) is 0 Å². The number of aromatic nitrogens is 1. The molecule has 0 saturated carbocycles. The van der Waals surface area contributed by atoms with E-state index in [4.69, 9.17) is 0 Å². The molecule has 110 valence electrons. The average Bonchev–Trinajstić information content (AvgIpc) is 2.86. The van der Waals surface area contributed by atoms with Crippen molar-refractivity contribution in [2.75, 3.05) is 26.7 Å². The largest absolute Gasteiger partial charge is 0.347 e. The second kappa shape index (κ2) is 6.67. The number of hydrogen-bond donors (Lipinski definition) is 2. The minimum Gasteiger partial charge on any atom is -0.347 e. The third kappa shape index (κ3) is 3.68. The Hall–Kier alpha value is -1.66. The van der Waals surface area contributed by atoms with Crippen LogP contribution in [0.5, 0.6) is 0 Å². The van der Waals surface area contributed by atoms with E-state index < -0.39 is 0 Å². The lowest BCUT2D eigenvalue weighted by molar-refractivity contribution is -0.121. The van der Waals surface area contributed by atoms with Crippen molar-refractivity contribution in [2.45, 2.75) is 18.9 Å². The monoisotopic (exact) mass is 278 g/mol. The summed E-state index contributed by atoms with van der Waals surface area (Å²) in [6.45, 7) is 2.18. The number of rotatable bonds is 4. The van der Waals surface area contributed by atoms with Crippen molar-refractivity contribution in [2.24, 2.45) is 7.05 Å². The fourth-order valence-electron chi connectivity index (χ4n) is 2.49. The molecule has 2 N–H and O–H groups in total. The molecule has 0 aromatic carbocycles. The topological polar surface area (TPSA) is 66.4 Å². The van der Waals surface area contributed by atoms with Crippen LogP contribution < -0.4 is 10.6 Å². The van der Waals surface area contributed by atoms with E-state index in [1.54, 1.807) is 29.9 Å². The summed E-state index contributed by atoms with van der Waals surface area (Å²) in [6, 6.07) is 3.83. The number of hydrogen-bond acceptors (Lipinski definition) is 4. The Balaban J connectivity index is 1.83. The number of piperidine rings is 1. The Labute approximate surface area is 119 Å². The molecule has 2 heterocycles. The number of aryl methyl sites for hydroxylation is 1. The molecule has 2 amide bonds. The molecule has 1 saturated heterocycles. The summed E-state index contributed by atoms with van der Waals surface area (Å²) >= 11 is 0. The Morgan fingerprint density at radius 3 is 2.95 bits per heavy atom. The number of nitrogens with one attached hydrogen (secondary N) is 2. The molecular formula is C14H22N4O2. The highest BCUT2D eigenvalue weighted by Crippen LogP contribution is 2.07. The van der Waals surface area contributed by atoms with Gasteiger partial charge >= 0.3 is 0 Å². The molecule has 1 aromatic heterocycles. The Kier molecular flexibility index (Phi) is 4.92. The van der Waals surface area contributed by atoms with Crippen LogP contribution in [0.4, 0.5) is 0 Å². The average molecular weight is 278 g/mol. The Morgan fingerprint density at radius 1 is 1.55 bits per heavy atom. The molecule has 20 heavy (non-hydrogen) atoms. The maximum absolute atomic E-state index is 11.9. The normalized spacial score (nSPS) is 19.1. The predicted octanol–water partition coefficient (Wildman–Crippen LogP) is -0.0347. The van der Waals surface area contributed by atoms with E-state index in [2.05, 4.69) is 10.6 Å². The van der Waals surface area contributed by atoms with Crippen LogP contribution in [0, 0.1) is 0 Å². The summed E-state index contributed by atoms with van der Waals surface area (Å²) in [5, 5.41) is 5.75. The quantitative estimate of drug-likeness (QED) is 0.811. The zero-order valence-corrected chi connectivity index (χ0v) is 12.1. The molecule has 1 unspecified atom stereocenters. The van der Waals surface area contributed by atoms with Gasteiger partial charge in [-0.1, -0.05) is 0 Å². The maximum Gasteiger partial charge on any atom is 0.274 e. The van der Waals surface area contributed by atoms with Crippen molar-refractivity contribution in [1.82, 2.24) is 20.1 Å². The van der Waals surface area contributed by atoms with Crippen LogP contribution in [0.1, 0.15) is 23.3 Å². The van der Waals surface area contributed by atoms with Crippen LogP contribution in [-0.2, 0) is 11.8 Å². The molecule has 0 bridgehead atoms. The molecule has 0 radical (unpaired) electrons. The lowest BCUT2D eigenvalue weighted by atomic mass is 10.1. The zero-order valence-electron chi connectivity index (χ0n) is 12.1. The van der Waals surface area contributed by atoms with Gasteiger partial charge in [-0.3, -0.25) is 19.8 Å². The second-order valence-electron chi connectivity index (χ2n) is 5.30. The molecule has 6 heteroatoms. The number of carbonyl (C=O) groups is 2. The third-order valence-corrected chi connectivity index (χ3v) is 3.72. The van der Waals surface area contributed by atoms with Crippen LogP contribution in [0.25, 0.3) is 0 Å². The molecule has 1 aromatic rings. The first kappa shape index (κ1) is 14.7. The number of nitrogens with zero attached hydrogens (tertiary/aromatic N) is 2. The first-order chi connectivity index (χ1) is 9.58. The first-order valence-corrected chi connectivity index (χ1v) is 6.94. The van der Waals surface area contributed by atoms with Gasteiger partial charge in [-0.2, -0.15) is 0 Å². The molecule has 1 atom stereocenters. The Morgan fingerprint density at radius 2 is 2.35 bits per heavy atom. The molecule has 1 aliphatic rings. The van der Waals surface area contributed by atoms with E-state index in [-0.39, 0.29) is 18.4 Å². The molecule has 6 nitrogen and oxygen atoms in total. The van der Waals surface area contributed by atoms with Gasteiger partial charge in [0.05, 0.1) is 6.54 Å². The number of carbonyl (C=O) groups excluding carboxylic acids is 2. The molecular weight excluding hydrogens is 256 g/mol. The van der Waals surface area contributed by atoms with Crippen LogP contribution in [0.2, 0.25) is 0 Å². The SMILES string of the molecule is CN(CC(=O)NC(=O)c1cccn1C)C1CCCNC1. The van der Waals surface area contributed by atoms with Gasteiger partial charge in [0, 0.05) is 25.8 Å². The molecule has 2 rings (SSSR count). The van der Waals surface area contributed by atoms with Crippen molar-refractivity contribution in [3.05, 3.63) is 24.0 Å². The Bertz CT molecular complexity index is 477. The van der Waals surface area contributed by atoms with E-state index in [9.17, 15) is 9.59 Å². The van der Waals surface area contributed by atoms with Gasteiger partial charge in [0.15, 0.2) is 0 Å². The third-order valence-electron chi connectivity index (χ3n) is 3.72. The second-order valence-corrected chi connectivity index (χ2v) is 5.30. The van der Waals surface area contributed by atoms with Crippen molar-refractivity contribution in [1.29, 1.82) is 0 Å². The molecule has 1 aliphatic heterocycles. The number of amides is 2. The number of likely N-dealkylation sites (N-methyl/N-ethyl adjacent to an activating group) is 1. The fourth-order valence-corrected chi connectivity index (χ4v) is 2.49. The minimum absolute atomic E-state index is 0.239. The van der Waals surface area contributed by atoms with Gasteiger partial charge in [0.1, 0.15) is 5.69 Å². The van der Waals surface area contributed by atoms with E-state index in [1.807, 2.05) is 11.9 Å². The number of imide groups is 1. The summed E-state index contributed by atoms with van der Waals surface area (Å²) in [7, 11) is 3.70. The zero-order chi connectivity index (χ0) is 14.5. The lowest BCUT2D eigenvalue weighted by Crippen LogP contribution is -2.48. The summed E-state index contributed by atoms with van der Waals surface area (Å²) in [5.41, 5.74) is 0.486. The van der Waals surface area contributed by atoms with E-state index >= 15 is 0 Å². The van der Waals surface area contributed by atoms with Gasteiger partial charge in [0.2, 0.25) is 5.91 Å². The van der Waals surface area contributed by atoms with Gasteiger partial charge in [-0.05, 0) is 38.6 Å². The summed E-state index contributed by atoms with van der Waals surface area (Å²) in [4.78, 5) is 25.8. The van der Waals surface area contributed by atoms with Gasteiger partial charge < -0.3 is 9.88 Å². The smallest absolute Gasteiger partial charge is 0.274 e. The van der Waals surface area contributed by atoms with Crippen molar-refractivity contribution in [3.63, 3.8) is 0 Å². The summed E-state index contributed by atoms with van der Waals surface area (Å²) < 4.78 is 1.69. The minimum atomic E-state index is -0.349. The molecule has 0 aliphatic carbocycles. The van der Waals surface area contributed by atoms with Gasteiger partial charge in [-0.25, -0.2) is 0 Å². The summed E-state index contributed by atoms with van der Waals surface area (Å²) in [5.74, 6) is -0.609. The standard InChI is InChI=1S/C14H22N4O2/c1-17-8-4-6-12(17)14(20)16-13(19)10-18(2)11-5-3-7-15-9-11/h4,6,8,11,15H,3,5,7,9-10H2,1-2H3,(H,16,19,20). The summed E-state index contributed by atoms with van der Waals surface area (Å²) in [6.07, 6.45) is 3.99. The lowest BCUT2D eigenvalue weighted by Gasteiger charge is -2.31. The van der Waals surface area contributed by atoms with E-state index in [0.29, 0.717) is 11.7 Å². The molecule has 0 spiro atoms. The van der Waals surface area contributed by atoms with Crippen LogP contribution in [0.15, 0.2) is 18.3 Å². The van der Waals surface area contributed by atoms with Crippen LogP contribution >= 0.6 is 0 Å². The van der Waals surface area contributed by atoms with E-state index in [0.717, 1.165) is 25.9 Å². The van der Waals surface area contributed by atoms with Gasteiger partial charge in [-0.15, -0.1) is 0 Å². The first-order valence-electron chi connectivity index (χ1n) is 6.94. The highest BCUT2D eigenvalue weighted by molar-refractivity contribution is 6.04. The van der Waals surface area contributed by atoms with Crippen molar-refractivity contribution >= 4 is 11.8 Å². The predicted molar refractivity (Wildman–Crippen MR) is 76.4 cm³/mol.